The zero-order valence-electron chi connectivity index (χ0n) is 26.0. The highest BCUT2D eigenvalue weighted by atomic mass is 16.7. The molecule has 1 aliphatic heterocycles. The van der Waals surface area contributed by atoms with Crippen LogP contribution in [0.4, 0.5) is 0 Å². The Morgan fingerprint density at radius 2 is 1.70 bits per heavy atom. The number of hydrogen-bond acceptors (Lipinski definition) is 7. The third-order valence-electron chi connectivity index (χ3n) is 7.85. The summed E-state index contributed by atoms with van der Waals surface area (Å²) in [5.41, 5.74) is 7.31. The molecule has 2 atom stereocenters. The van der Waals surface area contributed by atoms with Crippen molar-refractivity contribution in [1.29, 1.82) is 0 Å². The lowest BCUT2D eigenvalue weighted by molar-refractivity contribution is -0.128. The van der Waals surface area contributed by atoms with Crippen LogP contribution in [0.5, 0.6) is 0 Å². The lowest BCUT2D eigenvalue weighted by Gasteiger charge is -2.27. The summed E-state index contributed by atoms with van der Waals surface area (Å²) in [4.78, 5) is 23.3. The fourth-order valence-corrected chi connectivity index (χ4v) is 5.39. The van der Waals surface area contributed by atoms with Crippen LogP contribution in [0, 0.1) is 0 Å². The van der Waals surface area contributed by atoms with Gasteiger partial charge in [-0.05, 0) is 25.0 Å². The molecule has 0 spiro atoms. The minimum Gasteiger partial charge on any atom is -0.462 e. The van der Waals surface area contributed by atoms with E-state index < -0.39 is 6.29 Å². The number of hydrogen-bond donors (Lipinski definition) is 2. The van der Waals surface area contributed by atoms with Gasteiger partial charge in [-0.2, -0.15) is 0 Å². The minimum atomic E-state index is -0.469. The van der Waals surface area contributed by atoms with Crippen LogP contribution in [-0.2, 0) is 14.2 Å². The van der Waals surface area contributed by atoms with Crippen LogP contribution in [-0.4, -0.2) is 48.2 Å². The molecule has 230 valence electrons. The molecule has 0 fully saturated rings. The van der Waals surface area contributed by atoms with Crippen LogP contribution >= 0.6 is 0 Å². The average molecular weight is 595 g/mol. The molecule has 3 aromatic carbocycles. The van der Waals surface area contributed by atoms with Crippen molar-refractivity contribution < 1.29 is 19.0 Å². The number of benzene rings is 3. The van der Waals surface area contributed by atoms with Crippen molar-refractivity contribution in [3.63, 3.8) is 0 Å². The van der Waals surface area contributed by atoms with E-state index in [1.165, 1.54) is 0 Å². The van der Waals surface area contributed by atoms with Crippen molar-refractivity contribution >= 4 is 11.7 Å². The van der Waals surface area contributed by atoms with Crippen molar-refractivity contribution in [2.24, 2.45) is 0 Å². The monoisotopic (exact) mass is 594 g/mol. The quantitative estimate of drug-likeness (QED) is 0.0879. The van der Waals surface area contributed by atoms with Gasteiger partial charge in [-0.3, -0.25) is 0 Å². The molecular weight excluding hydrogens is 552 g/mol. The van der Waals surface area contributed by atoms with Crippen LogP contribution in [0.2, 0.25) is 0 Å². The molecule has 5 rings (SSSR count). The Kier molecular flexibility index (Phi) is 10.5. The van der Waals surface area contributed by atoms with Gasteiger partial charge < -0.3 is 29.4 Å². The number of rotatable bonds is 14. The summed E-state index contributed by atoms with van der Waals surface area (Å²) in [5.74, 6) is 0.462. The van der Waals surface area contributed by atoms with Crippen LogP contribution in [0.3, 0.4) is 0 Å². The molecule has 0 amide bonds. The molecule has 0 aliphatic carbocycles. The largest absolute Gasteiger partial charge is 0.462 e. The van der Waals surface area contributed by atoms with E-state index in [-0.39, 0.29) is 12.1 Å². The van der Waals surface area contributed by atoms with E-state index in [1.54, 1.807) is 7.11 Å². The fourth-order valence-electron chi connectivity index (χ4n) is 5.39. The number of methoxy groups -OCH3 is 1. The summed E-state index contributed by atoms with van der Waals surface area (Å²) in [7, 11) is 3.70. The number of nitrogens with one attached hydrogen (secondary N) is 2. The molecular formula is C36H42N4O4. The van der Waals surface area contributed by atoms with Gasteiger partial charge in [0.2, 0.25) is 0 Å². The lowest BCUT2D eigenvalue weighted by Crippen LogP contribution is -2.27. The first-order chi connectivity index (χ1) is 21.5. The van der Waals surface area contributed by atoms with Crippen molar-refractivity contribution in [2.45, 2.75) is 52.0 Å². The highest BCUT2D eigenvalue weighted by Crippen LogP contribution is 2.35. The van der Waals surface area contributed by atoms with E-state index in [0.717, 1.165) is 70.7 Å². The average Bonchev–Trinajstić information content (AvgIpc) is 3.71. The third-order valence-corrected chi connectivity index (χ3v) is 7.85. The second-order valence-corrected chi connectivity index (χ2v) is 10.9. The number of ether oxygens (including phenoxy) is 3. The van der Waals surface area contributed by atoms with Gasteiger partial charge >= 0.3 is 5.97 Å². The SMILES string of the molecule is CCCCOC(=O)c1ccccc1C1NC=C(c2cccc(-c3cnc(-c4ccccc4C(OC)OCCCC)[nH]3)c2)N1C. The van der Waals surface area contributed by atoms with Gasteiger partial charge in [0.1, 0.15) is 12.0 Å². The van der Waals surface area contributed by atoms with E-state index in [0.29, 0.717) is 18.8 Å². The normalized spacial score (nSPS) is 15.1. The standard InChI is InChI=1S/C36H42N4O4/c1-5-7-20-43-35(41)29-18-11-10-17-28(29)34-38-24-32(40(34)3)26-15-13-14-25(22-26)31-23-37-33(39-31)27-16-9-12-19-30(27)36(42-4)44-21-8-6-2/h9-19,22-24,34,36,38H,5-8,20-21H2,1-4H3,(H,37,39). The number of carbonyl (C=O) groups excluding carboxylic acids is 1. The van der Waals surface area contributed by atoms with E-state index in [4.69, 9.17) is 19.2 Å². The van der Waals surface area contributed by atoms with Gasteiger partial charge in [0.15, 0.2) is 6.29 Å². The first-order valence-electron chi connectivity index (χ1n) is 15.4. The zero-order chi connectivity index (χ0) is 30.9. The Hall–Kier alpha value is -4.40. The summed E-state index contributed by atoms with van der Waals surface area (Å²) >= 11 is 0. The van der Waals surface area contributed by atoms with Gasteiger partial charge in [-0.1, -0.05) is 87.4 Å². The number of esters is 1. The molecule has 8 nitrogen and oxygen atoms in total. The maximum absolute atomic E-state index is 12.9. The molecule has 8 heteroatoms. The van der Waals surface area contributed by atoms with E-state index in [1.807, 2.05) is 74.0 Å². The molecule has 0 saturated carbocycles. The number of aromatic nitrogens is 2. The third kappa shape index (κ3) is 6.87. The highest BCUT2D eigenvalue weighted by Gasteiger charge is 2.29. The molecule has 0 saturated heterocycles. The summed E-state index contributed by atoms with van der Waals surface area (Å²) in [6.45, 7) is 5.28. The maximum atomic E-state index is 12.9. The van der Waals surface area contributed by atoms with Gasteiger partial charge in [-0.15, -0.1) is 0 Å². The van der Waals surface area contributed by atoms with Crippen LogP contribution < -0.4 is 5.32 Å². The Morgan fingerprint density at radius 3 is 2.52 bits per heavy atom. The number of carbonyl (C=O) groups is 1. The Morgan fingerprint density at radius 1 is 0.955 bits per heavy atom. The topological polar surface area (TPSA) is 88.7 Å². The molecule has 2 unspecified atom stereocenters. The summed E-state index contributed by atoms with van der Waals surface area (Å²) in [5, 5.41) is 3.47. The number of H-pyrrole nitrogens is 1. The summed E-state index contributed by atoms with van der Waals surface area (Å²) in [6, 6.07) is 24.0. The van der Waals surface area contributed by atoms with E-state index in [2.05, 4.69) is 47.2 Å². The molecule has 1 aromatic heterocycles. The van der Waals surface area contributed by atoms with Gasteiger partial charge in [-0.25, -0.2) is 9.78 Å². The second-order valence-electron chi connectivity index (χ2n) is 10.9. The fraction of sp³-hybridized carbons (Fsp3) is 0.333. The summed E-state index contributed by atoms with van der Waals surface area (Å²) < 4.78 is 17.3. The van der Waals surface area contributed by atoms with Crippen molar-refractivity contribution in [3.8, 4) is 22.6 Å². The van der Waals surface area contributed by atoms with E-state index >= 15 is 0 Å². The van der Waals surface area contributed by atoms with Crippen LogP contribution in [0.1, 0.15) is 79.0 Å². The molecule has 0 bridgehead atoms. The lowest BCUT2D eigenvalue weighted by atomic mass is 10.0. The first-order valence-corrected chi connectivity index (χ1v) is 15.4. The van der Waals surface area contributed by atoms with Crippen molar-refractivity contribution in [3.05, 3.63) is 107 Å². The Bertz CT molecular complexity index is 1580. The first kappa shape index (κ1) is 31.0. The molecule has 1 aliphatic rings. The van der Waals surface area contributed by atoms with Gasteiger partial charge in [0, 0.05) is 48.2 Å². The Labute approximate surface area is 260 Å². The highest BCUT2D eigenvalue weighted by molar-refractivity contribution is 5.91. The van der Waals surface area contributed by atoms with Crippen LogP contribution in [0.25, 0.3) is 28.3 Å². The molecule has 0 radical (unpaired) electrons. The number of imidazole rings is 1. The predicted octanol–water partition coefficient (Wildman–Crippen LogP) is 7.69. The van der Waals surface area contributed by atoms with Crippen molar-refractivity contribution in [1.82, 2.24) is 20.2 Å². The van der Waals surface area contributed by atoms with Gasteiger partial charge in [0.25, 0.3) is 0 Å². The minimum absolute atomic E-state index is 0.202. The molecule has 44 heavy (non-hydrogen) atoms. The van der Waals surface area contributed by atoms with Crippen LogP contribution in [0.15, 0.2) is 85.2 Å². The molecule has 2 heterocycles. The second kappa shape index (κ2) is 14.9. The molecule has 4 aromatic rings. The number of nitrogens with zero attached hydrogens (tertiary/aromatic N) is 2. The number of unbranched alkanes of at least 4 members (excludes halogenated alkanes) is 2. The zero-order valence-corrected chi connectivity index (χ0v) is 26.0. The summed E-state index contributed by atoms with van der Waals surface area (Å²) in [6.07, 6.45) is 7.05. The van der Waals surface area contributed by atoms with Gasteiger partial charge in [0.05, 0.1) is 36.4 Å². The molecule has 2 N–H and O–H groups in total. The predicted molar refractivity (Wildman–Crippen MR) is 173 cm³/mol. The number of aromatic amines is 1. The smallest absolute Gasteiger partial charge is 0.338 e. The van der Waals surface area contributed by atoms with E-state index in [9.17, 15) is 4.79 Å². The Balaban J connectivity index is 1.35. The maximum Gasteiger partial charge on any atom is 0.338 e. The van der Waals surface area contributed by atoms with Crippen molar-refractivity contribution in [2.75, 3.05) is 27.4 Å².